The Morgan fingerprint density at radius 2 is 1.62 bits per heavy atom. The number of aromatic nitrogens is 2. The minimum absolute atomic E-state index is 0.0390. The van der Waals surface area contributed by atoms with Crippen LogP contribution in [0.25, 0.3) is 22.0 Å². The number of rotatable bonds is 11. The first-order valence-electron chi connectivity index (χ1n) is 16.3. The van der Waals surface area contributed by atoms with E-state index in [2.05, 4.69) is 31.5 Å². The van der Waals surface area contributed by atoms with Crippen LogP contribution < -0.4 is 26.8 Å². The van der Waals surface area contributed by atoms with Crippen LogP contribution in [0.2, 0.25) is 0 Å². The van der Waals surface area contributed by atoms with Crippen LogP contribution in [0, 0.1) is 18.8 Å². The molecule has 0 bridgehead atoms. The number of fused-ring (bicyclic) bond motifs is 1. The second kappa shape index (κ2) is 15.0. The maximum absolute atomic E-state index is 13.7. The van der Waals surface area contributed by atoms with Crippen LogP contribution in [0.4, 0.5) is 10.5 Å². The van der Waals surface area contributed by atoms with Gasteiger partial charge in [-0.3, -0.25) is 29.4 Å². The summed E-state index contributed by atoms with van der Waals surface area (Å²) in [6, 6.07) is 17.5. The predicted octanol–water partition coefficient (Wildman–Crippen LogP) is 4.71. The molecule has 0 unspecified atom stereocenters. The fraction of sp³-hybridized carbons (Fsp3) is 0.361. The van der Waals surface area contributed by atoms with Crippen molar-refractivity contribution in [2.45, 2.75) is 65.0 Å². The van der Waals surface area contributed by atoms with Crippen LogP contribution >= 0.6 is 0 Å². The summed E-state index contributed by atoms with van der Waals surface area (Å²) in [4.78, 5) is 62.4. The van der Waals surface area contributed by atoms with Gasteiger partial charge in [0.2, 0.25) is 11.8 Å². The molecule has 5 rings (SSSR count). The second-order valence-electron chi connectivity index (χ2n) is 12.9. The standard InChI is InChI=1S/C36H42N6O6/c1-20(2)38-33(44)26-12-14-28(21(3)16-26)24-8-4-22(5-9-24)17-31(35(46)39-27-13-15-29-30(18-27)41-42-34(29)45)40-32(43)25-10-6-23(7-11-25)19-37-36(47)48/h4-5,8-9,12-16,18,20,23,25,31,37H,6-7,10-11,17,19H2,1-3H3,(H,38,44)(H,39,46)(H,40,43)(H,47,48)(H2,41,42,45)/t23?,25?,31-/m0/s1. The zero-order valence-electron chi connectivity index (χ0n) is 27.3. The fourth-order valence-corrected chi connectivity index (χ4v) is 6.23. The lowest BCUT2D eigenvalue weighted by Gasteiger charge is -2.29. The Balaban J connectivity index is 1.30. The van der Waals surface area contributed by atoms with Crippen LogP contribution in [-0.2, 0) is 16.0 Å². The Hall–Kier alpha value is -5.39. The molecule has 12 nitrogen and oxygen atoms in total. The van der Waals surface area contributed by atoms with Gasteiger partial charge in [0.15, 0.2) is 0 Å². The number of hydrogen-bond donors (Lipinski definition) is 7. The number of aromatic amines is 2. The summed E-state index contributed by atoms with van der Waals surface area (Å²) in [6.07, 6.45) is 1.83. The van der Waals surface area contributed by atoms with Crippen molar-refractivity contribution in [3.05, 3.63) is 87.7 Å². The van der Waals surface area contributed by atoms with Gasteiger partial charge in [-0.25, -0.2) is 4.79 Å². The third kappa shape index (κ3) is 8.49. The largest absolute Gasteiger partial charge is 0.465 e. The first-order valence-corrected chi connectivity index (χ1v) is 16.3. The van der Waals surface area contributed by atoms with E-state index in [1.807, 2.05) is 57.2 Å². The lowest BCUT2D eigenvalue weighted by molar-refractivity contribution is -0.130. The molecule has 4 aromatic rings. The molecule has 1 fully saturated rings. The van der Waals surface area contributed by atoms with Gasteiger partial charge in [-0.15, -0.1) is 0 Å². The molecule has 1 atom stereocenters. The Morgan fingerprint density at radius 3 is 2.29 bits per heavy atom. The molecular formula is C36H42N6O6. The normalized spacial score (nSPS) is 16.7. The second-order valence-corrected chi connectivity index (χ2v) is 12.9. The molecule has 7 N–H and O–H groups in total. The van der Waals surface area contributed by atoms with Gasteiger partial charge in [0, 0.05) is 36.2 Å². The molecule has 4 amide bonds. The highest BCUT2D eigenvalue weighted by Crippen LogP contribution is 2.29. The van der Waals surface area contributed by atoms with Gasteiger partial charge in [-0.05, 0) is 105 Å². The van der Waals surface area contributed by atoms with Gasteiger partial charge < -0.3 is 26.4 Å². The summed E-state index contributed by atoms with van der Waals surface area (Å²) in [7, 11) is 0. The highest BCUT2D eigenvalue weighted by molar-refractivity contribution is 5.99. The number of hydrogen-bond acceptors (Lipinski definition) is 5. The van der Waals surface area contributed by atoms with Gasteiger partial charge in [0.1, 0.15) is 6.04 Å². The molecule has 1 heterocycles. The summed E-state index contributed by atoms with van der Waals surface area (Å²) in [5, 5.41) is 25.9. The van der Waals surface area contributed by atoms with Gasteiger partial charge in [0.25, 0.3) is 11.5 Å². The molecule has 3 aromatic carbocycles. The van der Waals surface area contributed by atoms with E-state index in [-0.39, 0.29) is 41.7 Å². The number of aryl methyl sites for hydroxylation is 1. The van der Waals surface area contributed by atoms with Crippen LogP contribution in [0.3, 0.4) is 0 Å². The maximum atomic E-state index is 13.7. The molecule has 1 aromatic heterocycles. The average Bonchev–Trinajstić information content (AvgIpc) is 3.43. The summed E-state index contributed by atoms with van der Waals surface area (Å²) >= 11 is 0. The molecule has 1 saturated carbocycles. The third-order valence-corrected chi connectivity index (χ3v) is 8.85. The van der Waals surface area contributed by atoms with Crippen molar-refractivity contribution in [1.82, 2.24) is 26.1 Å². The molecule has 0 saturated heterocycles. The predicted molar refractivity (Wildman–Crippen MR) is 184 cm³/mol. The number of amides is 4. The third-order valence-electron chi connectivity index (χ3n) is 8.85. The molecule has 48 heavy (non-hydrogen) atoms. The van der Waals surface area contributed by atoms with Crippen LogP contribution in [-0.4, -0.2) is 57.7 Å². The van der Waals surface area contributed by atoms with E-state index in [4.69, 9.17) is 5.11 Å². The SMILES string of the molecule is Cc1cc(C(=O)NC(C)C)ccc1-c1ccc(C[C@H](NC(=O)C2CCC(CNC(=O)O)CC2)C(=O)Nc2ccc3c(=O)[nH][nH]c3c2)cc1. The van der Waals surface area contributed by atoms with Crippen molar-refractivity contribution in [2.75, 3.05) is 11.9 Å². The first-order chi connectivity index (χ1) is 23.0. The van der Waals surface area contributed by atoms with E-state index in [0.29, 0.717) is 54.4 Å². The van der Waals surface area contributed by atoms with E-state index < -0.39 is 18.0 Å². The molecule has 252 valence electrons. The number of H-pyrrole nitrogens is 2. The van der Waals surface area contributed by atoms with Gasteiger partial charge >= 0.3 is 6.09 Å². The summed E-state index contributed by atoms with van der Waals surface area (Å²) in [5.74, 6) is -0.826. The molecule has 12 heteroatoms. The smallest absolute Gasteiger partial charge is 0.404 e. The minimum atomic E-state index is -1.06. The lowest BCUT2D eigenvalue weighted by atomic mass is 9.81. The van der Waals surface area contributed by atoms with Crippen molar-refractivity contribution in [3.8, 4) is 11.1 Å². The Labute approximate surface area is 278 Å². The van der Waals surface area contributed by atoms with Crippen molar-refractivity contribution in [1.29, 1.82) is 0 Å². The molecule has 0 radical (unpaired) electrons. The molecule has 0 aliphatic heterocycles. The van der Waals surface area contributed by atoms with Crippen LogP contribution in [0.15, 0.2) is 65.5 Å². The highest BCUT2D eigenvalue weighted by Gasteiger charge is 2.30. The molecule has 0 spiro atoms. The van der Waals surface area contributed by atoms with Crippen LogP contribution in [0.5, 0.6) is 0 Å². The maximum Gasteiger partial charge on any atom is 0.404 e. The summed E-state index contributed by atoms with van der Waals surface area (Å²) in [6.45, 7) is 6.16. The number of carbonyl (C=O) groups is 4. The Kier molecular flexibility index (Phi) is 10.6. The number of carbonyl (C=O) groups excluding carboxylic acids is 3. The Morgan fingerprint density at radius 1 is 0.896 bits per heavy atom. The number of anilines is 1. The average molecular weight is 655 g/mol. The van der Waals surface area contributed by atoms with E-state index >= 15 is 0 Å². The van der Waals surface area contributed by atoms with E-state index in [1.54, 1.807) is 24.3 Å². The highest BCUT2D eigenvalue weighted by atomic mass is 16.4. The monoisotopic (exact) mass is 654 g/mol. The fourth-order valence-electron chi connectivity index (χ4n) is 6.23. The first kappa shape index (κ1) is 34.0. The van der Waals surface area contributed by atoms with Crippen LogP contribution in [0.1, 0.15) is 61.0 Å². The number of carboxylic acid groups (broad SMARTS) is 1. The van der Waals surface area contributed by atoms with Crippen molar-refractivity contribution < 1.29 is 24.3 Å². The minimum Gasteiger partial charge on any atom is -0.465 e. The number of nitrogens with one attached hydrogen (secondary N) is 6. The summed E-state index contributed by atoms with van der Waals surface area (Å²) in [5.41, 5.74) is 5.11. The zero-order valence-corrected chi connectivity index (χ0v) is 27.3. The van der Waals surface area contributed by atoms with Gasteiger partial charge in [-0.2, -0.15) is 0 Å². The lowest BCUT2D eigenvalue weighted by Crippen LogP contribution is -2.48. The van der Waals surface area contributed by atoms with Crippen molar-refractivity contribution in [3.63, 3.8) is 0 Å². The quantitative estimate of drug-likeness (QED) is 0.123. The van der Waals surface area contributed by atoms with Gasteiger partial charge in [-0.1, -0.05) is 30.3 Å². The molecule has 1 aliphatic rings. The van der Waals surface area contributed by atoms with Crippen molar-refractivity contribution >= 4 is 40.4 Å². The topological polar surface area (TPSA) is 185 Å². The summed E-state index contributed by atoms with van der Waals surface area (Å²) < 4.78 is 0. The zero-order chi connectivity index (χ0) is 34.4. The molecular weight excluding hydrogens is 612 g/mol. The number of benzene rings is 3. The van der Waals surface area contributed by atoms with E-state index in [0.717, 1.165) is 22.3 Å². The van der Waals surface area contributed by atoms with Gasteiger partial charge in [0.05, 0.1) is 10.9 Å². The molecule has 1 aliphatic carbocycles. The Bertz CT molecular complexity index is 1850. The van der Waals surface area contributed by atoms with E-state index in [1.165, 1.54) is 0 Å². The van der Waals surface area contributed by atoms with E-state index in [9.17, 15) is 24.0 Å². The van der Waals surface area contributed by atoms with Crippen molar-refractivity contribution in [2.24, 2.45) is 11.8 Å².